The van der Waals surface area contributed by atoms with Crippen LogP contribution in [0.25, 0.3) is 21.8 Å². The Hall–Kier alpha value is -2.36. The van der Waals surface area contributed by atoms with Crippen LogP contribution >= 0.6 is 0 Å². The van der Waals surface area contributed by atoms with Crippen LogP contribution in [-0.2, 0) is 0 Å². The van der Waals surface area contributed by atoms with Crippen molar-refractivity contribution in [2.24, 2.45) is 0 Å². The molecular formula is C17H19N3O. The Balaban J connectivity index is 2.01. The average Bonchev–Trinajstić information content (AvgIpc) is 2.92. The van der Waals surface area contributed by atoms with E-state index in [9.17, 15) is 4.79 Å². The second-order valence-electron chi connectivity index (χ2n) is 5.36. The van der Waals surface area contributed by atoms with Crippen LogP contribution in [0.4, 0.5) is 0 Å². The summed E-state index contributed by atoms with van der Waals surface area (Å²) in [5, 5.41) is 5.00. The van der Waals surface area contributed by atoms with E-state index in [0.717, 1.165) is 40.3 Å². The predicted molar refractivity (Wildman–Crippen MR) is 85.6 cm³/mol. The van der Waals surface area contributed by atoms with Crippen LogP contribution in [0.3, 0.4) is 0 Å². The SMILES string of the molecule is CCCCNC(=O)c1cc2ccc3ccc(C)[nH]c3c2n1. The topological polar surface area (TPSA) is 57.8 Å². The third kappa shape index (κ3) is 2.61. The van der Waals surface area contributed by atoms with Crippen molar-refractivity contribution in [3.8, 4) is 0 Å². The molecule has 0 bridgehead atoms. The summed E-state index contributed by atoms with van der Waals surface area (Å²) in [5.41, 5.74) is 3.41. The van der Waals surface area contributed by atoms with Crippen molar-refractivity contribution in [3.05, 3.63) is 41.7 Å². The number of rotatable bonds is 4. The molecule has 108 valence electrons. The van der Waals surface area contributed by atoms with Gasteiger partial charge in [0.05, 0.1) is 11.0 Å². The molecule has 0 aliphatic rings. The molecule has 1 amide bonds. The van der Waals surface area contributed by atoms with Crippen molar-refractivity contribution < 1.29 is 4.79 Å². The molecule has 0 unspecified atom stereocenters. The smallest absolute Gasteiger partial charge is 0.269 e. The number of hydrogen-bond acceptors (Lipinski definition) is 2. The molecule has 0 fully saturated rings. The lowest BCUT2D eigenvalue weighted by Crippen LogP contribution is -2.24. The number of nitrogens with one attached hydrogen (secondary N) is 2. The molecule has 21 heavy (non-hydrogen) atoms. The number of nitrogens with zero attached hydrogens (tertiary/aromatic N) is 1. The minimum Gasteiger partial charge on any atom is -0.357 e. The molecule has 0 saturated carbocycles. The molecule has 2 heterocycles. The molecule has 3 rings (SSSR count). The van der Waals surface area contributed by atoms with Gasteiger partial charge in [-0.25, -0.2) is 4.98 Å². The minimum absolute atomic E-state index is 0.0968. The van der Waals surface area contributed by atoms with Gasteiger partial charge in [-0.1, -0.05) is 31.5 Å². The van der Waals surface area contributed by atoms with Crippen molar-refractivity contribution in [2.45, 2.75) is 26.7 Å². The molecule has 4 nitrogen and oxygen atoms in total. The van der Waals surface area contributed by atoms with Crippen LogP contribution in [0.2, 0.25) is 0 Å². The zero-order chi connectivity index (χ0) is 14.8. The van der Waals surface area contributed by atoms with E-state index in [-0.39, 0.29) is 5.91 Å². The first kappa shape index (κ1) is 13.6. The number of fused-ring (bicyclic) bond motifs is 3. The first-order valence-electron chi connectivity index (χ1n) is 7.36. The second kappa shape index (κ2) is 5.56. The van der Waals surface area contributed by atoms with Gasteiger partial charge in [0.25, 0.3) is 5.91 Å². The van der Waals surface area contributed by atoms with Gasteiger partial charge in [-0.15, -0.1) is 0 Å². The van der Waals surface area contributed by atoms with Gasteiger partial charge in [0, 0.05) is 23.0 Å². The molecule has 2 aromatic heterocycles. The number of hydrogen-bond donors (Lipinski definition) is 2. The zero-order valence-corrected chi connectivity index (χ0v) is 12.4. The van der Waals surface area contributed by atoms with Crippen LogP contribution in [0.1, 0.15) is 35.9 Å². The number of carbonyl (C=O) groups excluding carboxylic acids is 1. The lowest BCUT2D eigenvalue weighted by atomic mass is 10.1. The number of aryl methyl sites for hydroxylation is 1. The van der Waals surface area contributed by atoms with E-state index >= 15 is 0 Å². The molecular weight excluding hydrogens is 262 g/mol. The van der Waals surface area contributed by atoms with Gasteiger partial charge < -0.3 is 10.3 Å². The van der Waals surface area contributed by atoms with E-state index in [1.165, 1.54) is 0 Å². The van der Waals surface area contributed by atoms with Gasteiger partial charge in [0.1, 0.15) is 5.69 Å². The van der Waals surface area contributed by atoms with Gasteiger partial charge in [-0.05, 0) is 25.5 Å². The Morgan fingerprint density at radius 1 is 1.24 bits per heavy atom. The zero-order valence-electron chi connectivity index (χ0n) is 12.4. The maximum absolute atomic E-state index is 12.1. The third-order valence-corrected chi connectivity index (χ3v) is 3.65. The van der Waals surface area contributed by atoms with Crippen LogP contribution in [0.5, 0.6) is 0 Å². The Morgan fingerprint density at radius 3 is 2.81 bits per heavy atom. The van der Waals surface area contributed by atoms with Gasteiger partial charge in [-0.2, -0.15) is 0 Å². The monoisotopic (exact) mass is 281 g/mol. The normalized spacial score (nSPS) is 11.1. The Morgan fingerprint density at radius 2 is 2.00 bits per heavy atom. The number of carbonyl (C=O) groups is 1. The van der Waals surface area contributed by atoms with Crippen LogP contribution in [-0.4, -0.2) is 22.4 Å². The summed E-state index contributed by atoms with van der Waals surface area (Å²) in [7, 11) is 0. The second-order valence-corrected chi connectivity index (χ2v) is 5.36. The largest absolute Gasteiger partial charge is 0.357 e. The summed E-state index contributed by atoms with van der Waals surface area (Å²) in [6.45, 7) is 4.82. The van der Waals surface area contributed by atoms with Crippen molar-refractivity contribution >= 4 is 27.7 Å². The number of aromatic nitrogens is 2. The van der Waals surface area contributed by atoms with E-state index in [1.54, 1.807) is 0 Å². The molecule has 0 saturated heterocycles. The minimum atomic E-state index is -0.0968. The molecule has 4 heteroatoms. The predicted octanol–water partition coefficient (Wildman–Crippen LogP) is 3.55. The Kier molecular flexibility index (Phi) is 3.60. The molecule has 0 spiro atoms. The van der Waals surface area contributed by atoms with Crippen LogP contribution in [0, 0.1) is 6.92 Å². The molecule has 0 aliphatic heterocycles. The van der Waals surface area contributed by atoms with E-state index in [4.69, 9.17) is 0 Å². The first-order valence-corrected chi connectivity index (χ1v) is 7.36. The summed E-state index contributed by atoms with van der Waals surface area (Å²) in [5.74, 6) is -0.0968. The highest BCUT2D eigenvalue weighted by atomic mass is 16.1. The van der Waals surface area contributed by atoms with Crippen LogP contribution < -0.4 is 5.32 Å². The van der Waals surface area contributed by atoms with E-state index < -0.39 is 0 Å². The third-order valence-electron chi connectivity index (χ3n) is 3.65. The Bertz CT molecular complexity index is 804. The van der Waals surface area contributed by atoms with E-state index in [1.807, 2.05) is 31.2 Å². The highest BCUT2D eigenvalue weighted by Gasteiger charge is 2.12. The molecule has 2 N–H and O–H groups in total. The molecule has 0 aliphatic carbocycles. The summed E-state index contributed by atoms with van der Waals surface area (Å²) < 4.78 is 0. The van der Waals surface area contributed by atoms with Crippen LogP contribution in [0.15, 0.2) is 30.3 Å². The maximum Gasteiger partial charge on any atom is 0.269 e. The lowest BCUT2D eigenvalue weighted by molar-refractivity contribution is 0.0949. The van der Waals surface area contributed by atoms with Gasteiger partial charge in [-0.3, -0.25) is 4.79 Å². The number of amides is 1. The van der Waals surface area contributed by atoms with E-state index in [0.29, 0.717) is 12.2 Å². The maximum atomic E-state index is 12.1. The quantitative estimate of drug-likeness (QED) is 0.718. The van der Waals surface area contributed by atoms with Crippen molar-refractivity contribution in [1.82, 2.24) is 15.3 Å². The molecule has 1 aromatic carbocycles. The molecule has 3 aromatic rings. The number of H-pyrrole nitrogens is 1. The van der Waals surface area contributed by atoms with Crippen molar-refractivity contribution in [1.29, 1.82) is 0 Å². The highest BCUT2D eigenvalue weighted by Crippen LogP contribution is 2.24. The lowest BCUT2D eigenvalue weighted by Gasteiger charge is -2.01. The standard InChI is InChI=1S/C17H19N3O/c1-3-4-9-18-17(21)14-10-13-8-7-12-6-5-11(2)19-15(12)16(13)20-14/h5-8,10,19H,3-4,9H2,1-2H3,(H,18,21). The van der Waals surface area contributed by atoms with Gasteiger partial charge in [0.15, 0.2) is 0 Å². The summed E-state index contributed by atoms with van der Waals surface area (Å²) in [6, 6.07) is 10.0. The molecule has 0 atom stereocenters. The summed E-state index contributed by atoms with van der Waals surface area (Å²) in [4.78, 5) is 20.0. The fraction of sp³-hybridized carbons (Fsp3) is 0.294. The molecule has 0 radical (unpaired) electrons. The number of aromatic amines is 1. The van der Waals surface area contributed by atoms with E-state index in [2.05, 4.69) is 28.3 Å². The highest BCUT2D eigenvalue weighted by molar-refractivity contribution is 6.07. The summed E-state index contributed by atoms with van der Waals surface area (Å²) in [6.07, 6.45) is 2.05. The van der Waals surface area contributed by atoms with Gasteiger partial charge >= 0.3 is 0 Å². The Labute approximate surface area is 123 Å². The first-order chi connectivity index (χ1) is 10.2. The summed E-state index contributed by atoms with van der Waals surface area (Å²) >= 11 is 0. The number of unbranched alkanes of at least 4 members (excludes halogenated alkanes) is 1. The van der Waals surface area contributed by atoms with Crippen molar-refractivity contribution in [3.63, 3.8) is 0 Å². The fourth-order valence-corrected chi connectivity index (χ4v) is 2.47. The fourth-order valence-electron chi connectivity index (χ4n) is 2.47. The average molecular weight is 281 g/mol. The number of pyridine rings is 1. The number of benzene rings is 1. The van der Waals surface area contributed by atoms with Crippen molar-refractivity contribution in [2.75, 3.05) is 6.54 Å². The van der Waals surface area contributed by atoms with Gasteiger partial charge in [0.2, 0.25) is 0 Å².